The van der Waals surface area contributed by atoms with Gasteiger partial charge >= 0.3 is 5.97 Å². The molecule has 2 aromatic rings. The Morgan fingerprint density at radius 2 is 2.27 bits per heavy atom. The minimum atomic E-state index is -0.677. The lowest BCUT2D eigenvalue weighted by atomic mass is 10.1. The average Bonchev–Trinajstić information content (AvgIpc) is 2.87. The fourth-order valence-electron chi connectivity index (χ4n) is 2.23. The predicted octanol–water partition coefficient (Wildman–Crippen LogP) is 2.36. The number of fused-ring (bicyclic) bond motifs is 1. The van der Waals surface area contributed by atoms with Gasteiger partial charge in [0.25, 0.3) is 0 Å². The number of nitrogens with one attached hydrogen (secondary N) is 1. The van der Waals surface area contributed by atoms with Crippen molar-refractivity contribution >= 4 is 16.9 Å². The van der Waals surface area contributed by atoms with Gasteiger partial charge in [0.15, 0.2) is 0 Å². The standard InChI is InChI=1S/C12H11NO2/c14-12(15)10-6-9(10)8-3-1-2-7-4-5-13-11(7)8/h1-5,9-10,13H,6H2,(H,14,15)/t9-,10+/m0/s1. The second kappa shape index (κ2) is 2.86. The quantitative estimate of drug-likeness (QED) is 0.783. The summed E-state index contributed by atoms with van der Waals surface area (Å²) in [5.41, 5.74) is 2.23. The van der Waals surface area contributed by atoms with Crippen LogP contribution in [0.3, 0.4) is 0 Å². The number of carbonyl (C=O) groups is 1. The van der Waals surface area contributed by atoms with E-state index in [0.29, 0.717) is 0 Å². The molecule has 76 valence electrons. The lowest BCUT2D eigenvalue weighted by molar-refractivity contribution is -0.138. The Hall–Kier alpha value is -1.77. The van der Waals surface area contributed by atoms with Gasteiger partial charge in [-0.1, -0.05) is 18.2 Å². The van der Waals surface area contributed by atoms with Crippen LogP contribution in [0.5, 0.6) is 0 Å². The first-order valence-corrected chi connectivity index (χ1v) is 5.06. The maximum Gasteiger partial charge on any atom is 0.307 e. The molecule has 1 aromatic heterocycles. The van der Waals surface area contributed by atoms with Crippen molar-refractivity contribution in [1.82, 2.24) is 4.98 Å². The molecule has 2 N–H and O–H groups in total. The van der Waals surface area contributed by atoms with Crippen LogP contribution in [0.1, 0.15) is 17.9 Å². The Morgan fingerprint density at radius 1 is 1.40 bits per heavy atom. The zero-order chi connectivity index (χ0) is 10.4. The van der Waals surface area contributed by atoms with E-state index in [1.807, 2.05) is 30.5 Å². The van der Waals surface area contributed by atoms with E-state index in [2.05, 4.69) is 4.98 Å². The highest BCUT2D eigenvalue weighted by Crippen LogP contribution is 2.49. The smallest absolute Gasteiger partial charge is 0.307 e. The molecule has 0 spiro atoms. The number of aromatic amines is 1. The number of carboxylic acids is 1. The van der Waals surface area contributed by atoms with Crippen LogP contribution in [0.25, 0.3) is 10.9 Å². The molecule has 3 heteroatoms. The van der Waals surface area contributed by atoms with Gasteiger partial charge in [0, 0.05) is 17.6 Å². The molecule has 0 radical (unpaired) electrons. The van der Waals surface area contributed by atoms with Gasteiger partial charge in [-0.2, -0.15) is 0 Å². The highest BCUT2D eigenvalue weighted by Gasteiger charge is 2.44. The van der Waals surface area contributed by atoms with Crippen molar-refractivity contribution in [1.29, 1.82) is 0 Å². The van der Waals surface area contributed by atoms with Crippen LogP contribution >= 0.6 is 0 Å². The summed E-state index contributed by atoms with van der Waals surface area (Å²) in [6, 6.07) is 8.06. The number of rotatable bonds is 2. The molecule has 0 bridgehead atoms. The van der Waals surface area contributed by atoms with Crippen molar-refractivity contribution in [3.8, 4) is 0 Å². The van der Waals surface area contributed by atoms with E-state index in [0.717, 1.165) is 22.9 Å². The minimum absolute atomic E-state index is 0.182. The summed E-state index contributed by atoms with van der Waals surface area (Å²) in [6.45, 7) is 0. The van der Waals surface area contributed by atoms with Crippen LogP contribution in [0.15, 0.2) is 30.5 Å². The topological polar surface area (TPSA) is 53.1 Å². The number of benzene rings is 1. The maximum atomic E-state index is 10.8. The monoisotopic (exact) mass is 201 g/mol. The van der Waals surface area contributed by atoms with E-state index in [1.54, 1.807) is 0 Å². The summed E-state index contributed by atoms with van der Waals surface area (Å²) >= 11 is 0. The van der Waals surface area contributed by atoms with Crippen molar-refractivity contribution in [2.45, 2.75) is 12.3 Å². The molecule has 1 saturated carbocycles. The third kappa shape index (κ3) is 1.23. The summed E-state index contributed by atoms with van der Waals surface area (Å²) < 4.78 is 0. The average molecular weight is 201 g/mol. The normalized spacial score (nSPS) is 24.3. The second-order valence-electron chi connectivity index (χ2n) is 4.08. The highest BCUT2D eigenvalue weighted by atomic mass is 16.4. The molecule has 0 aliphatic heterocycles. The number of hydrogen-bond donors (Lipinski definition) is 2. The van der Waals surface area contributed by atoms with Crippen LogP contribution < -0.4 is 0 Å². The van der Waals surface area contributed by atoms with Crippen molar-refractivity contribution in [2.75, 3.05) is 0 Å². The van der Waals surface area contributed by atoms with Gasteiger partial charge in [-0.05, 0) is 23.4 Å². The minimum Gasteiger partial charge on any atom is -0.481 e. The van der Waals surface area contributed by atoms with Gasteiger partial charge in [0.1, 0.15) is 0 Å². The Kier molecular flexibility index (Phi) is 1.63. The van der Waals surface area contributed by atoms with Gasteiger partial charge in [0.05, 0.1) is 5.92 Å². The maximum absolute atomic E-state index is 10.8. The van der Waals surface area contributed by atoms with Crippen molar-refractivity contribution < 1.29 is 9.90 Å². The summed E-state index contributed by atoms with van der Waals surface area (Å²) in [5, 5.41) is 10.1. The fraction of sp³-hybridized carbons (Fsp3) is 0.250. The third-order valence-corrected chi connectivity index (χ3v) is 3.13. The summed E-state index contributed by atoms with van der Waals surface area (Å²) in [7, 11) is 0. The van der Waals surface area contributed by atoms with E-state index >= 15 is 0 Å². The van der Waals surface area contributed by atoms with E-state index in [9.17, 15) is 4.79 Å². The largest absolute Gasteiger partial charge is 0.481 e. The second-order valence-corrected chi connectivity index (χ2v) is 4.08. The van der Waals surface area contributed by atoms with Gasteiger partial charge in [-0.3, -0.25) is 4.79 Å². The third-order valence-electron chi connectivity index (χ3n) is 3.13. The molecule has 1 aliphatic rings. The van der Waals surface area contributed by atoms with E-state index < -0.39 is 5.97 Å². The molecule has 1 heterocycles. The first-order chi connectivity index (χ1) is 7.27. The van der Waals surface area contributed by atoms with E-state index in [4.69, 9.17) is 5.11 Å². The van der Waals surface area contributed by atoms with Crippen LogP contribution in [0.2, 0.25) is 0 Å². The van der Waals surface area contributed by atoms with E-state index in [1.165, 1.54) is 0 Å². The molecule has 0 saturated heterocycles. The van der Waals surface area contributed by atoms with Crippen LogP contribution in [0.4, 0.5) is 0 Å². The number of H-pyrrole nitrogens is 1. The number of hydrogen-bond acceptors (Lipinski definition) is 1. The number of aliphatic carboxylic acids is 1. The van der Waals surface area contributed by atoms with Crippen molar-refractivity contribution in [3.05, 3.63) is 36.0 Å². The summed E-state index contributed by atoms with van der Waals surface area (Å²) in [5.74, 6) is -0.660. The van der Waals surface area contributed by atoms with Crippen LogP contribution in [-0.2, 0) is 4.79 Å². The molecule has 15 heavy (non-hydrogen) atoms. The van der Waals surface area contributed by atoms with Gasteiger partial charge in [0.2, 0.25) is 0 Å². The Morgan fingerprint density at radius 3 is 3.00 bits per heavy atom. The van der Waals surface area contributed by atoms with E-state index in [-0.39, 0.29) is 11.8 Å². The SMILES string of the molecule is O=C(O)[C@@H]1C[C@H]1c1cccc2cc[nH]c12. The zero-order valence-corrected chi connectivity index (χ0v) is 8.10. The molecular weight excluding hydrogens is 190 g/mol. The highest BCUT2D eigenvalue weighted by molar-refractivity contribution is 5.85. The van der Waals surface area contributed by atoms with Gasteiger partial charge in [-0.15, -0.1) is 0 Å². The Bertz CT molecular complexity index is 529. The molecule has 3 nitrogen and oxygen atoms in total. The predicted molar refractivity (Wildman–Crippen MR) is 56.8 cm³/mol. The molecule has 0 unspecified atom stereocenters. The molecular formula is C12H11NO2. The van der Waals surface area contributed by atoms with Gasteiger partial charge < -0.3 is 10.1 Å². The van der Waals surface area contributed by atoms with Crippen molar-refractivity contribution in [3.63, 3.8) is 0 Å². The molecule has 1 aromatic carbocycles. The van der Waals surface area contributed by atoms with Crippen molar-refractivity contribution in [2.24, 2.45) is 5.92 Å². The lowest BCUT2D eigenvalue weighted by Gasteiger charge is -2.00. The zero-order valence-electron chi connectivity index (χ0n) is 8.10. The van der Waals surface area contributed by atoms with Crippen LogP contribution in [0, 0.1) is 5.92 Å². The van der Waals surface area contributed by atoms with Gasteiger partial charge in [-0.25, -0.2) is 0 Å². The molecule has 1 fully saturated rings. The number of carboxylic acid groups (broad SMARTS) is 1. The lowest BCUT2D eigenvalue weighted by Crippen LogP contribution is -1.99. The molecule has 3 rings (SSSR count). The van der Waals surface area contributed by atoms with Crippen LogP contribution in [-0.4, -0.2) is 16.1 Å². The molecule has 1 aliphatic carbocycles. The Balaban J connectivity index is 2.05. The summed E-state index contributed by atoms with van der Waals surface area (Å²) in [4.78, 5) is 14.0. The summed E-state index contributed by atoms with van der Waals surface area (Å²) in [6.07, 6.45) is 2.67. The number of aromatic nitrogens is 1. The molecule has 2 atom stereocenters. The fourth-order valence-corrected chi connectivity index (χ4v) is 2.23. The Labute approximate surface area is 86.7 Å². The number of para-hydroxylation sites is 1. The molecule has 0 amide bonds. The first-order valence-electron chi connectivity index (χ1n) is 5.06. The first kappa shape index (κ1) is 8.53.